The Hall–Kier alpha value is -4.05. The highest BCUT2D eigenvalue weighted by Crippen LogP contribution is 2.31. The van der Waals surface area contributed by atoms with Gasteiger partial charge < -0.3 is 9.88 Å². The largest absolute Gasteiger partial charge is 0.348 e. The molecule has 1 amide bonds. The van der Waals surface area contributed by atoms with Crippen LogP contribution in [0, 0.1) is 10.1 Å². The fourth-order valence-electron chi connectivity index (χ4n) is 3.39. The molecule has 0 aliphatic rings. The third-order valence-electron chi connectivity index (χ3n) is 5.16. The number of nitrogens with one attached hydrogen (secondary N) is 1. The molecule has 34 heavy (non-hydrogen) atoms. The quantitative estimate of drug-likeness (QED) is 0.216. The van der Waals surface area contributed by atoms with Gasteiger partial charge in [0.2, 0.25) is 0 Å². The molecular weight excluding hydrogens is 452 g/mol. The molecule has 0 aliphatic carbocycles. The molecule has 0 saturated carbocycles. The number of benzene rings is 2. The third-order valence-corrected chi connectivity index (χ3v) is 6.20. The zero-order valence-corrected chi connectivity index (χ0v) is 19.2. The summed E-state index contributed by atoms with van der Waals surface area (Å²) < 4.78 is 1.87. The van der Waals surface area contributed by atoms with Crippen LogP contribution in [0.3, 0.4) is 0 Å². The van der Waals surface area contributed by atoms with Gasteiger partial charge in [-0.25, -0.2) is 0 Å². The van der Waals surface area contributed by atoms with Crippen molar-refractivity contribution >= 4 is 23.4 Å². The summed E-state index contributed by atoms with van der Waals surface area (Å²) in [4.78, 5) is 27.4. The van der Waals surface area contributed by atoms with E-state index in [1.165, 1.54) is 17.8 Å². The SMILES string of the molecule is CCn1c(SCc2ccc(C(=O)NCc3ccncc3)cc2)nnc1-c1ccccc1[N+](=O)[O-]. The minimum absolute atomic E-state index is 0.000976. The number of nitro benzene ring substituents is 1. The molecule has 0 aliphatic heterocycles. The lowest BCUT2D eigenvalue weighted by Gasteiger charge is -2.08. The number of pyridine rings is 1. The Morgan fingerprint density at radius 2 is 1.76 bits per heavy atom. The third kappa shape index (κ3) is 5.29. The van der Waals surface area contributed by atoms with E-state index in [9.17, 15) is 14.9 Å². The summed E-state index contributed by atoms with van der Waals surface area (Å²) in [6.07, 6.45) is 3.38. The maximum Gasteiger partial charge on any atom is 0.280 e. The van der Waals surface area contributed by atoms with Crippen LogP contribution in [0.1, 0.15) is 28.4 Å². The van der Waals surface area contributed by atoms with Crippen molar-refractivity contribution in [1.29, 1.82) is 0 Å². The Morgan fingerprint density at radius 1 is 1.03 bits per heavy atom. The number of rotatable bonds is 9. The maximum atomic E-state index is 12.4. The first kappa shape index (κ1) is 23.1. The molecular formula is C24H22N6O3S. The molecule has 10 heteroatoms. The van der Waals surface area contributed by atoms with Gasteiger partial charge in [0.15, 0.2) is 11.0 Å². The number of nitro groups is 1. The van der Waals surface area contributed by atoms with Crippen molar-refractivity contribution in [2.24, 2.45) is 0 Å². The number of aromatic nitrogens is 4. The molecule has 2 aromatic heterocycles. The van der Waals surface area contributed by atoms with Crippen LogP contribution in [-0.4, -0.2) is 30.6 Å². The number of carbonyl (C=O) groups excluding carboxylic acids is 1. The van der Waals surface area contributed by atoms with Gasteiger partial charge in [-0.1, -0.05) is 36.0 Å². The second-order valence-electron chi connectivity index (χ2n) is 7.35. The van der Waals surface area contributed by atoms with Crippen LogP contribution < -0.4 is 5.32 Å². The van der Waals surface area contributed by atoms with E-state index in [2.05, 4.69) is 20.5 Å². The Bertz CT molecular complexity index is 1290. The summed E-state index contributed by atoms with van der Waals surface area (Å²) in [7, 11) is 0. The Balaban J connectivity index is 1.41. The minimum Gasteiger partial charge on any atom is -0.348 e. The predicted molar refractivity (Wildman–Crippen MR) is 129 cm³/mol. The average Bonchev–Trinajstić information content (AvgIpc) is 3.29. The van der Waals surface area contributed by atoms with Gasteiger partial charge in [-0.2, -0.15) is 0 Å². The molecule has 172 valence electrons. The number of thioether (sulfide) groups is 1. The van der Waals surface area contributed by atoms with Gasteiger partial charge >= 0.3 is 0 Å². The molecule has 0 radical (unpaired) electrons. The lowest BCUT2D eigenvalue weighted by molar-refractivity contribution is -0.384. The van der Waals surface area contributed by atoms with Crippen molar-refractivity contribution in [1.82, 2.24) is 25.1 Å². The number of amides is 1. The highest BCUT2D eigenvalue weighted by molar-refractivity contribution is 7.98. The summed E-state index contributed by atoms with van der Waals surface area (Å²) in [6, 6.07) is 17.6. The molecule has 0 unspecified atom stereocenters. The number of hydrogen-bond acceptors (Lipinski definition) is 7. The molecule has 0 atom stereocenters. The Labute approximate surface area is 200 Å². The van der Waals surface area contributed by atoms with Crippen LogP contribution in [-0.2, 0) is 18.8 Å². The van der Waals surface area contributed by atoms with Gasteiger partial charge in [-0.15, -0.1) is 10.2 Å². The van der Waals surface area contributed by atoms with E-state index in [-0.39, 0.29) is 11.6 Å². The molecule has 1 N–H and O–H groups in total. The monoisotopic (exact) mass is 474 g/mol. The fraction of sp³-hybridized carbons (Fsp3) is 0.167. The molecule has 0 spiro atoms. The first-order valence-corrected chi connectivity index (χ1v) is 11.6. The van der Waals surface area contributed by atoms with Gasteiger partial charge in [-0.05, 0) is 48.4 Å². The lowest BCUT2D eigenvalue weighted by atomic mass is 10.1. The van der Waals surface area contributed by atoms with Gasteiger partial charge in [0.1, 0.15) is 0 Å². The van der Waals surface area contributed by atoms with Crippen molar-refractivity contribution in [3.8, 4) is 11.4 Å². The van der Waals surface area contributed by atoms with E-state index in [0.717, 1.165) is 11.1 Å². The first-order valence-electron chi connectivity index (χ1n) is 10.6. The molecule has 2 heterocycles. The van der Waals surface area contributed by atoms with Gasteiger partial charge in [0.05, 0.1) is 10.5 Å². The smallest absolute Gasteiger partial charge is 0.280 e. The van der Waals surface area contributed by atoms with E-state index in [1.54, 1.807) is 42.7 Å². The molecule has 4 aromatic rings. The molecule has 0 fully saturated rings. The molecule has 0 bridgehead atoms. The molecule has 9 nitrogen and oxygen atoms in total. The topological polar surface area (TPSA) is 116 Å². The van der Waals surface area contributed by atoms with E-state index in [4.69, 9.17) is 0 Å². The van der Waals surface area contributed by atoms with E-state index in [0.29, 0.717) is 41.0 Å². The van der Waals surface area contributed by atoms with Crippen LogP contribution in [0.2, 0.25) is 0 Å². The summed E-state index contributed by atoms with van der Waals surface area (Å²) in [5, 5.41) is 23.5. The van der Waals surface area contributed by atoms with Crippen molar-refractivity contribution in [2.75, 3.05) is 0 Å². The van der Waals surface area contributed by atoms with E-state index in [1.807, 2.05) is 35.8 Å². The van der Waals surface area contributed by atoms with Gasteiger partial charge in [-0.3, -0.25) is 19.9 Å². The first-order chi connectivity index (χ1) is 16.6. The van der Waals surface area contributed by atoms with E-state index >= 15 is 0 Å². The van der Waals surface area contributed by atoms with Gasteiger partial charge in [0.25, 0.3) is 11.6 Å². The maximum absolute atomic E-state index is 12.4. The Kier molecular flexibility index (Phi) is 7.28. The van der Waals surface area contributed by atoms with Crippen LogP contribution in [0.5, 0.6) is 0 Å². The molecule has 2 aromatic carbocycles. The van der Waals surface area contributed by atoms with Crippen LogP contribution in [0.25, 0.3) is 11.4 Å². The number of carbonyl (C=O) groups is 1. The number of hydrogen-bond donors (Lipinski definition) is 1. The predicted octanol–water partition coefficient (Wildman–Crippen LogP) is 4.49. The zero-order valence-electron chi connectivity index (χ0n) is 18.4. The standard InChI is InChI=1S/C24H22N6O3S/c1-2-29-22(20-5-3-4-6-21(20)30(32)33)27-28-24(29)34-16-18-7-9-19(10-8-18)23(31)26-15-17-11-13-25-14-12-17/h3-14H,2,15-16H2,1H3,(H,26,31). The van der Waals surface area contributed by atoms with Gasteiger partial charge in [0, 0.05) is 42.9 Å². The Morgan fingerprint density at radius 3 is 2.47 bits per heavy atom. The molecule has 4 rings (SSSR count). The summed E-state index contributed by atoms with van der Waals surface area (Å²) in [5.41, 5.74) is 3.03. The van der Waals surface area contributed by atoms with Crippen LogP contribution in [0.15, 0.2) is 78.2 Å². The summed E-state index contributed by atoms with van der Waals surface area (Å²) in [6.45, 7) is 2.96. The lowest BCUT2D eigenvalue weighted by Crippen LogP contribution is -2.22. The van der Waals surface area contributed by atoms with E-state index < -0.39 is 4.92 Å². The van der Waals surface area contributed by atoms with Crippen LogP contribution >= 0.6 is 11.8 Å². The summed E-state index contributed by atoms with van der Waals surface area (Å²) >= 11 is 1.49. The van der Waals surface area contributed by atoms with Crippen molar-refractivity contribution in [3.05, 3.63) is 99.9 Å². The fourth-order valence-corrected chi connectivity index (χ4v) is 4.35. The second kappa shape index (κ2) is 10.7. The van der Waals surface area contributed by atoms with Crippen LogP contribution in [0.4, 0.5) is 5.69 Å². The van der Waals surface area contributed by atoms with Crippen molar-refractivity contribution in [3.63, 3.8) is 0 Å². The second-order valence-corrected chi connectivity index (χ2v) is 8.29. The minimum atomic E-state index is -0.411. The zero-order chi connectivity index (χ0) is 23.9. The summed E-state index contributed by atoms with van der Waals surface area (Å²) in [5.74, 6) is 0.947. The van der Waals surface area contributed by atoms with Crippen molar-refractivity contribution < 1.29 is 9.72 Å². The average molecular weight is 475 g/mol. The molecule has 0 saturated heterocycles. The number of nitrogens with zero attached hydrogens (tertiary/aromatic N) is 5. The number of para-hydroxylation sites is 1. The normalized spacial score (nSPS) is 10.7. The van der Waals surface area contributed by atoms with Crippen molar-refractivity contribution in [2.45, 2.75) is 30.9 Å². The highest BCUT2D eigenvalue weighted by Gasteiger charge is 2.21. The highest BCUT2D eigenvalue weighted by atomic mass is 32.2.